The second-order valence-corrected chi connectivity index (χ2v) is 5.69. The lowest BCUT2D eigenvalue weighted by Crippen LogP contribution is -2.34. The minimum Gasteiger partial charge on any atom is -0.335 e. The van der Waals surface area contributed by atoms with Crippen molar-refractivity contribution in [1.29, 1.82) is 0 Å². The lowest BCUT2D eigenvalue weighted by atomic mass is 10.3. The van der Waals surface area contributed by atoms with Gasteiger partial charge in [0, 0.05) is 51.2 Å². The molecule has 0 saturated carbocycles. The van der Waals surface area contributed by atoms with E-state index in [1.54, 1.807) is 12.4 Å². The van der Waals surface area contributed by atoms with Crippen molar-refractivity contribution in [3.63, 3.8) is 0 Å². The summed E-state index contributed by atoms with van der Waals surface area (Å²) in [5, 5.41) is 0. The molecule has 0 bridgehead atoms. The van der Waals surface area contributed by atoms with Gasteiger partial charge in [-0.15, -0.1) is 0 Å². The van der Waals surface area contributed by atoms with Gasteiger partial charge in [-0.25, -0.2) is 9.97 Å². The number of aromatic nitrogens is 4. The van der Waals surface area contributed by atoms with Crippen LogP contribution in [-0.2, 0) is 19.5 Å². The third kappa shape index (κ3) is 2.99. The molecule has 7 nitrogen and oxygen atoms in total. The van der Waals surface area contributed by atoms with Crippen LogP contribution >= 0.6 is 0 Å². The number of fused-ring (bicyclic) bond motifs is 1. The van der Waals surface area contributed by atoms with Crippen LogP contribution in [0.15, 0.2) is 24.8 Å². The molecule has 0 spiro atoms. The van der Waals surface area contributed by atoms with Gasteiger partial charge in [0.2, 0.25) is 0 Å². The van der Waals surface area contributed by atoms with Gasteiger partial charge in [-0.3, -0.25) is 9.78 Å². The molecule has 0 radical (unpaired) electrons. The van der Waals surface area contributed by atoms with Gasteiger partial charge in [0.15, 0.2) is 0 Å². The van der Waals surface area contributed by atoms with Crippen molar-refractivity contribution in [3.8, 4) is 0 Å². The topological polar surface area (TPSA) is 67.2 Å². The first-order chi connectivity index (χ1) is 10.6. The predicted octanol–water partition coefficient (Wildman–Crippen LogP) is 0.433. The van der Waals surface area contributed by atoms with Gasteiger partial charge in [-0.2, -0.15) is 0 Å². The lowest BCUT2D eigenvalue weighted by Gasteiger charge is -2.19. The standard InChI is InChI=1S/C15H20N6O/c1-19(2)11-12-9-18-14-3-6-20(7-8-21(12)14)15(22)13-10-16-4-5-17-13/h4-5,9-10H,3,6-8,11H2,1-2H3. The molecule has 3 rings (SSSR count). The first-order valence-corrected chi connectivity index (χ1v) is 7.38. The molecule has 0 saturated heterocycles. The number of rotatable bonds is 3. The van der Waals surface area contributed by atoms with E-state index in [1.807, 2.05) is 25.2 Å². The molecule has 0 N–H and O–H groups in total. The van der Waals surface area contributed by atoms with Crippen molar-refractivity contribution in [2.75, 3.05) is 27.2 Å². The summed E-state index contributed by atoms with van der Waals surface area (Å²) in [5.41, 5.74) is 1.59. The molecule has 0 fully saturated rings. The number of amides is 1. The normalized spacial score (nSPS) is 14.8. The van der Waals surface area contributed by atoms with E-state index in [4.69, 9.17) is 0 Å². The summed E-state index contributed by atoms with van der Waals surface area (Å²) >= 11 is 0. The van der Waals surface area contributed by atoms with Crippen LogP contribution in [0.5, 0.6) is 0 Å². The van der Waals surface area contributed by atoms with Gasteiger partial charge in [-0.1, -0.05) is 0 Å². The molecular formula is C15H20N6O. The maximum atomic E-state index is 12.5. The van der Waals surface area contributed by atoms with Crippen molar-refractivity contribution in [2.24, 2.45) is 0 Å². The van der Waals surface area contributed by atoms with E-state index in [0.717, 1.165) is 25.3 Å². The van der Waals surface area contributed by atoms with Crippen LogP contribution in [0.3, 0.4) is 0 Å². The van der Waals surface area contributed by atoms with Gasteiger partial charge < -0.3 is 14.4 Å². The van der Waals surface area contributed by atoms with Crippen LogP contribution in [0.1, 0.15) is 22.0 Å². The number of hydrogen-bond acceptors (Lipinski definition) is 5. The number of imidazole rings is 1. The summed E-state index contributed by atoms with van der Waals surface area (Å²) < 4.78 is 2.23. The zero-order valence-electron chi connectivity index (χ0n) is 12.9. The third-order valence-electron chi connectivity index (χ3n) is 3.77. The molecule has 1 aliphatic rings. The van der Waals surface area contributed by atoms with Crippen LogP contribution in [0.4, 0.5) is 0 Å². The van der Waals surface area contributed by atoms with Crippen LogP contribution in [0, 0.1) is 0 Å². The van der Waals surface area contributed by atoms with Gasteiger partial charge in [0.1, 0.15) is 11.5 Å². The van der Waals surface area contributed by atoms with Crippen molar-refractivity contribution < 1.29 is 4.79 Å². The average molecular weight is 300 g/mol. The molecule has 7 heteroatoms. The minimum atomic E-state index is -0.0620. The summed E-state index contributed by atoms with van der Waals surface area (Å²) in [5.74, 6) is 0.985. The van der Waals surface area contributed by atoms with E-state index in [0.29, 0.717) is 18.8 Å². The Bertz CT molecular complexity index is 651. The van der Waals surface area contributed by atoms with E-state index in [9.17, 15) is 4.79 Å². The van der Waals surface area contributed by atoms with Gasteiger partial charge in [0.05, 0.1) is 11.9 Å². The highest BCUT2D eigenvalue weighted by molar-refractivity contribution is 5.91. The SMILES string of the molecule is CN(C)Cc1cnc2n1CCN(C(=O)c1cnccn1)CC2. The maximum absolute atomic E-state index is 12.5. The Morgan fingerprint density at radius 2 is 2.05 bits per heavy atom. The zero-order chi connectivity index (χ0) is 15.5. The Kier molecular flexibility index (Phi) is 4.15. The quantitative estimate of drug-likeness (QED) is 0.822. The molecule has 0 aromatic carbocycles. The first kappa shape index (κ1) is 14.6. The number of carbonyl (C=O) groups is 1. The fourth-order valence-corrected chi connectivity index (χ4v) is 2.72. The highest BCUT2D eigenvalue weighted by Crippen LogP contribution is 2.14. The third-order valence-corrected chi connectivity index (χ3v) is 3.77. The molecule has 1 amide bonds. The molecule has 2 aromatic rings. The smallest absolute Gasteiger partial charge is 0.274 e. The second kappa shape index (κ2) is 6.23. The number of nitrogens with zero attached hydrogens (tertiary/aromatic N) is 6. The molecule has 1 aliphatic heterocycles. The Morgan fingerprint density at radius 3 is 2.77 bits per heavy atom. The lowest BCUT2D eigenvalue weighted by molar-refractivity contribution is 0.0752. The van der Waals surface area contributed by atoms with Crippen molar-refractivity contribution in [2.45, 2.75) is 19.5 Å². The first-order valence-electron chi connectivity index (χ1n) is 7.38. The van der Waals surface area contributed by atoms with Crippen molar-refractivity contribution >= 4 is 5.91 Å². The molecule has 2 aromatic heterocycles. The van der Waals surface area contributed by atoms with E-state index < -0.39 is 0 Å². The summed E-state index contributed by atoms with van der Waals surface area (Å²) in [4.78, 5) is 29.0. The average Bonchev–Trinajstić information content (AvgIpc) is 2.77. The zero-order valence-corrected chi connectivity index (χ0v) is 12.9. The number of hydrogen-bond donors (Lipinski definition) is 0. The Balaban J connectivity index is 1.74. The highest BCUT2D eigenvalue weighted by atomic mass is 16.2. The molecule has 22 heavy (non-hydrogen) atoms. The van der Waals surface area contributed by atoms with E-state index in [1.165, 1.54) is 11.9 Å². The summed E-state index contributed by atoms with van der Waals surface area (Å²) in [6.45, 7) is 2.95. The van der Waals surface area contributed by atoms with Crippen LogP contribution in [-0.4, -0.2) is 62.4 Å². The maximum Gasteiger partial charge on any atom is 0.274 e. The molecule has 0 atom stereocenters. The van der Waals surface area contributed by atoms with Crippen LogP contribution < -0.4 is 0 Å². The number of carbonyl (C=O) groups excluding carboxylic acids is 1. The van der Waals surface area contributed by atoms with Crippen molar-refractivity contribution in [3.05, 3.63) is 42.0 Å². The highest BCUT2D eigenvalue weighted by Gasteiger charge is 2.22. The monoisotopic (exact) mass is 300 g/mol. The fraction of sp³-hybridized carbons (Fsp3) is 0.467. The molecule has 0 unspecified atom stereocenters. The Morgan fingerprint density at radius 1 is 1.18 bits per heavy atom. The van der Waals surface area contributed by atoms with E-state index >= 15 is 0 Å². The minimum absolute atomic E-state index is 0.0620. The second-order valence-electron chi connectivity index (χ2n) is 5.69. The van der Waals surface area contributed by atoms with Gasteiger partial charge in [-0.05, 0) is 14.1 Å². The van der Waals surface area contributed by atoms with E-state index in [2.05, 4.69) is 24.4 Å². The predicted molar refractivity (Wildman–Crippen MR) is 81.3 cm³/mol. The Hall–Kier alpha value is -2.28. The summed E-state index contributed by atoms with van der Waals surface area (Å²) in [6.07, 6.45) is 7.34. The molecular weight excluding hydrogens is 280 g/mol. The Labute approximate surface area is 129 Å². The van der Waals surface area contributed by atoms with Gasteiger partial charge >= 0.3 is 0 Å². The molecule has 116 valence electrons. The molecule has 0 aliphatic carbocycles. The van der Waals surface area contributed by atoms with Gasteiger partial charge in [0.25, 0.3) is 5.91 Å². The van der Waals surface area contributed by atoms with Crippen molar-refractivity contribution in [1.82, 2.24) is 29.3 Å². The summed E-state index contributed by atoms with van der Waals surface area (Å²) in [6, 6.07) is 0. The van der Waals surface area contributed by atoms with Crippen LogP contribution in [0.25, 0.3) is 0 Å². The largest absolute Gasteiger partial charge is 0.335 e. The van der Waals surface area contributed by atoms with Crippen LogP contribution in [0.2, 0.25) is 0 Å². The molecule has 3 heterocycles. The summed E-state index contributed by atoms with van der Waals surface area (Å²) in [7, 11) is 4.08. The van der Waals surface area contributed by atoms with E-state index in [-0.39, 0.29) is 5.91 Å². The fourth-order valence-electron chi connectivity index (χ4n) is 2.72.